The van der Waals surface area contributed by atoms with Crippen molar-refractivity contribution in [3.05, 3.63) is 53.9 Å². The number of ether oxygens (including phenoxy) is 1. The van der Waals surface area contributed by atoms with Crippen LogP contribution in [0.2, 0.25) is 0 Å². The molecule has 3 heterocycles. The zero-order valence-electron chi connectivity index (χ0n) is 15.2. The molecule has 0 aliphatic carbocycles. The number of aryl methyl sites for hydroxylation is 1. The van der Waals surface area contributed by atoms with E-state index in [0.29, 0.717) is 30.9 Å². The van der Waals surface area contributed by atoms with E-state index in [0.717, 1.165) is 11.3 Å². The van der Waals surface area contributed by atoms with Gasteiger partial charge in [0.2, 0.25) is 10.0 Å². The summed E-state index contributed by atoms with van der Waals surface area (Å²) >= 11 is 0. The van der Waals surface area contributed by atoms with Crippen LogP contribution in [0.15, 0.2) is 42.6 Å². The van der Waals surface area contributed by atoms with Crippen LogP contribution in [0.25, 0.3) is 0 Å². The van der Waals surface area contributed by atoms with Gasteiger partial charge in [0.05, 0.1) is 30.4 Å². The fourth-order valence-electron chi connectivity index (χ4n) is 3.84. The molecule has 0 radical (unpaired) electrons. The maximum atomic E-state index is 12.6. The molecule has 1 amide bonds. The maximum Gasteiger partial charge on any atom is 0.253 e. The number of nitrogens with one attached hydrogen (secondary N) is 1. The minimum absolute atomic E-state index is 0.243. The number of carbonyl (C=O) groups is 1. The average molecular weight is 387 g/mol. The summed E-state index contributed by atoms with van der Waals surface area (Å²) in [6, 6.07) is 11.0. The van der Waals surface area contributed by atoms with Crippen LogP contribution in [0.3, 0.4) is 0 Å². The number of aromatic nitrogens is 1. The Morgan fingerprint density at radius 3 is 2.78 bits per heavy atom. The molecular formula is C19H21N3O4S. The molecule has 27 heavy (non-hydrogen) atoms. The van der Waals surface area contributed by atoms with E-state index >= 15 is 0 Å². The molecule has 8 heteroatoms. The van der Waals surface area contributed by atoms with E-state index in [-0.39, 0.29) is 5.91 Å². The highest BCUT2D eigenvalue weighted by molar-refractivity contribution is 7.92. The largest absolute Gasteiger partial charge is 0.367 e. The number of amides is 1. The van der Waals surface area contributed by atoms with Crippen LogP contribution in [-0.2, 0) is 25.0 Å². The van der Waals surface area contributed by atoms with Crippen LogP contribution in [0, 0.1) is 6.92 Å². The van der Waals surface area contributed by atoms with Crippen LogP contribution in [0.1, 0.15) is 17.7 Å². The number of hydrogen-bond donors (Lipinski definition) is 1. The molecule has 2 aromatic rings. The number of fused-ring (bicyclic) bond motifs is 2. The van der Waals surface area contributed by atoms with E-state index in [1.54, 1.807) is 18.3 Å². The van der Waals surface area contributed by atoms with Crippen LogP contribution in [-0.4, -0.2) is 44.8 Å². The van der Waals surface area contributed by atoms with Crippen molar-refractivity contribution in [1.82, 2.24) is 4.98 Å². The van der Waals surface area contributed by atoms with Crippen LogP contribution >= 0.6 is 0 Å². The predicted molar refractivity (Wildman–Crippen MR) is 102 cm³/mol. The first-order valence-electron chi connectivity index (χ1n) is 8.71. The minimum Gasteiger partial charge on any atom is -0.367 e. The normalized spacial score (nSPS) is 24.2. The van der Waals surface area contributed by atoms with Gasteiger partial charge in [-0.2, -0.15) is 0 Å². The fourth-order valence-corrected chi connectivity index (χ4v) is 4.84. The summed E-state index contributed by atoms with van der Waals surface area (Å²) in [5.74, 6) is -0.243. The van der Waals surface area contributed by atoms with E-state index in [1.165, 1.54) is 10.6 Å². The number of hydrogen-bond acceptors (Lipinski definition) is 5. The first kappa shape index (κ1) is 17.9. The molecule has 4 rings (SSSR count). The van der Waals surface area contributed by atoms with Gasteiger partial charge in [-0.25, -0.2) is 8.42 Å². The van der Waals surface area contributed by atoms with Crippen LogP contribution in [0.4, 0.5) is 11.4 Å². The van der Waals surface area contributed by atoms with Crippen molar-refractivity contribution in [3.63, 3.8) is 0 Å². The molecule has 2 aliphatic rings. The van der Waals surface area contributed by atoms with Crippen molar-refractivity contribution in [2.24, 2.45) is 0 Å². The van der Waals surface area contributed by atoms with E-state index in [4.69, 9.17) is 4.74 Å². The molecular weight excluding hydrogens is 366 g/mol. The van der Waals surface area contributed by atoms with Crippen molar-refractivity contribution in [2.75, 3.05) is 29.0 Å². The van der Waals surface area contributed by atoms with Gasteiger partial charge in [-0.1, -0.05) is 18.2 Å². The fraction of sp³-hybridized carbons (Fsp3) is 0.368. The molecule has 1 fully saturated rings. The number of nitrogens with zero attached hydrogens (tertiary/aromatic N) is 2. The van der Waals surface area contributed by atoms with E-state index in [9.17, 15) is 13.2 Å². The smallest absolute Gasteiger partial charge is 0.253 e. The van der Waals surface area contributed by atoms with Gasteiger partial charge in [0.1, 0.15) is 6.10 Å². The molecule has 2 aliphatic heterocycles. The maximum absolute atomic E-state index is 12.6. The number of para-hydroxylation sites is 1. The van der Waals surface area contributed by atoms with Crippen LogP contribution in [0.5, 0.6) is 0 Å². The summed E-state index contributed by atoms with van der Waals surface area (Å²) in [5, 5.41) is 2.82. The standard InChI is InChI=1S/C19H21N3O4S/c1-13-7-8-14(10-20-13)21-18(23)17-9-19(12-26-17)11-22(27(2,24)25)16-6-4-3-5-15(16)19/h3-8,10,17H,9,11-12H2,1-2H3,(H,21,23)/t17-,19-/m1/s1. The second-order valence-electron chi connectivity index (χ2n) is 7.25. The van der Waals surface area contributed by atoms with Crippen LogP contribution < -0.4 is 9.62 Å². The van der Waals surface area contributed by atoms with Crippen molar-refractivity contribution in [1.29, 1.82) is 0 Å². The minimum atomic E-state index is -3.40. The van der Waals surface area contributed by atoms with Gasteiger partial charge in [0.25, 0.3) is 5.91 Å². The third-order valence-corrected chi connectivity index (χ3v) is 6.33. The zero-order valence-corrected chi connectivity index (χ0v) is 16.0. The number of sulfonamides is 1. The molecule has 7 nitrogen and oxygen atoms in total. The Kier molecular flexibility index (Phi) is 4.20. The van der Waals surface area contributed by atoms with Crippen molar-refractivity contribution >= 4 is 27.3 Å². The second kappa shape index (κ2) is 6.31. The van der Waals surface area contributed by atoms with E-state index in [2.05, 4.69) is 10.3 Å². The Balaban J connectivity index is 1.56. The average Bonchev–Trinajstić information content (AvgIpc) is 3.20. The molecule has 142 valence electrons. The van der Waals surface area contributed by atoms with Gasteiger partial charge in [-0.15, -0.1) is 0 Å². The number of anilines is 2. The lowest BCUT2D eigenvalue weighted by molar-refractivity contribution is -0.124. The lowest BCUT2D eigenvalue weighted by atomic mass is 9.80. The lowest BCUT2D eigenvalue weighted by Gasteiger charge is -2.23. The Hall–Kier alpha value is -2.45. The molecule has 1 aromatic heterocycles. The lowest BCUT2D eigenvalue weighted by Crippen LogP contribution is -2.37. The topological polar surface area (TPSA) is 88.6 Å². The zero-order chi connectivity index (χ0) is 19.2. The van der Waals surface area contributed by atoms with E-state index < -0.39 is 21.5 Å². The summed E-state index contributed by atoms with van der Waals surface area (Å²) in [4.78, 5) is 16.8. The second-order valence-corrected chi connectivity index (χ2v) is 9.16. The monoisotopic (exact) mass is 387 g/mol. The molecule has 0 bridgehead atoms. The molecule has 0 saturated carbocycles. The first-order chi connectivity index (χ1) is 12.8. The summed E-state index contributed by atoms with van der Waals surface area (Å²) in [7, 11) is -3.40. The van der Waals surface area contributed by atoms with Crippen molar-refractivity contribution in [3.8, 4) is 0 Å². The third-order valence-electron chi connectivity index (χ3n) is 5.20. The Morgan fingerprint density at radius 2 is 2.07 bits per heavy atom. The van der Waals surface area contributed by atoms with E-state index in [1.807, 2.05) is 31.2 Å². The highest BCUT2D eigenvalue weighted by Gasteiger charge is 2.52. The van der Waals surface area contributed by atoms with Gasteiger partial charge in [0.15, 0.2) is 0 Å². The highest BCUT2D eigenvalue weighted by Crippen LogP contribution is 2.48. The Morgan fingerprint density at radius 1 is 1.30 bits per heavy atom. The number of carbonyl (C=O) groups excluding carboxylic acids is 1. The molecule has 1 aromatic carbocycles. The summed E-state index contributed by atoms with van der Waals surface area (Å²) in [6.45, 7) is 2.47. The van der Waals surface area contributed by atoms with Gasteiger partial charge in [-0.3, -0.25) is 14.1 Å². The quantitative estimate of drug-likeness (QED) is 0.868. The van der Waals surface area contributed by atoms with Gasteiger partial charge in [-0.05, 0) is 37.1 Å². The highest BCUT2D eigenvalue weighted by atomic mass is 32.2. The molecule has 2 atom stereocenters. The summed E-state index contributed by atoms with van der Waals surface area (Å²) in [6.07, 6.45) is 2.60. The SMILES string of the molecule is Cc1ccc(NC(=O)[C@H]2C[C@]3(CO2)CN(S(C)(=O)=O)c2ccccc23)cn1. The molecule has 1 saturated heterocycles. The van der Waals surface area contributed by atoms with Gasteiger partial charge in [0, 0.05) is 17.7 Å². The third kappa shape index (κ3) is 3.19. The Bertz CT molecular complexity index is 990. The summed E-state index contributed by atoms with van der Waals surface area (Å²) < 4.78 is 31.7. The van der Waals surface area contributed by atoms with Crippen molar-refractivity contribution < 1.29 is 17.9 Å². The predicted octanol–water partition coefficient (Wildman–Crippen LogP) is 1.84. The number of benzene rings is 1. The molecule has 1 N–H and O–H groups in total. The molecule has 0 unspecified atom stereocenters. The van der Waals surface area contributed by atoms with Crippen molar-refractivity contribution in [2.45, 2.75) is 24.9 Å². The summed E-state index contributed by atoms with van der Waals surface area (Å²) in [5.41, 5.74) is 2.56. The van der Waals surface area contributed by atoms with Gasteiger partial charge >= 0.3 is 0 Å². The number of pyridine rings is 1. The Labute approximate surface area is 158 Å². The van der Waals surface area contributed by atoms with Gasteiger partial charge < -0.3 is 10.1 Å². The first-order valence-corrected chi connectivity index (χ1v) is 10.6. The number of rotatable bonds is 3. The molecule has 1 spiro atoms.